The third kappa shape index (κ3) is 4.55. The van der Waals surface area contributed by atoms with Gasteiger partial charge in [0.05, 0.1) is 7.05 Å². The van der Waals surface area contributed by atoms with Gasteiger partial charge in [-0.05, 0) is 41.3 Å². The van der Waals surface area contributed by atoms with Crippen molar-refractivity contribution in [1.29, 1.82) is 0 Å². The van der Waals surface area contributed by atoms with Crippen molar-refractivity contribution in [2.45, 2.75) is 32.7 Å². The van der Waals surface area contributed by atoms with Gasteiger partial charge >= 0.3 is 0 Å². The van der Waals surface area contributed by atoms with E-state index in [1.165, 1.54) is 5.56 Å². The lowest BCUT2D eigenvalue weighted by atomic mass is 9.87. The molecule has 1 amide bonds. The van der Waals surface area contributed by atoms with E-state index in [4.69, 9.17) is 9.47 Å². The quantitative estimate of drug-likeness (QED) is 0.866. The fourth-order valence-electron chi connectivity index (χ4n) is 2.99. The number of nitrogens with one attached hydrogen (secondary N) is 2. The Bertz CT molecular complexity index is 779. The van der Waals surface area contributed by atoms with E-state index in [-0.39, 0.29) is 18.1 Å². The van der Waals surface area contributed by atoms with Crippen molar-refractivity contribution in [1.82, 2.24) is 0 Å². The standard InChI is InChI=1S/C21H26N2O3/c1-21(2,3)16-6-8-17(9-7-16)22-20(24)13-23(4)12-15-5-10-18-19(11-15)26-14-25-18/h5-11H,12-14H2,1-4H3,(H,22,24)/p+1. The van der Waals surface area contributed by atoms with Gasteiger partial charge in [-0.25, -0.2) is 0 Å². The maximum atomic E-state index is 12.3. The molecule has 2 aromatic rings. The topological polar surface area (TPSA) is 52.0 Å². The van der Waals surface area contributed by atoms with Gasteiger partial charge in [0, 0.05) is 11.3 Å². The molecule has 1 aliphatic rings. The highest BCUT2D eigenvalue weighted by Crippen LogP contribution is 2.32. The zero-order chi connectivity index (χ0) is 18.7. The molecule has 0 fully saturated rings. The van der Waals surface area contributed by atoms with Gasteiger partial charge in [0.15, 0.2) is 18.0 Å². The van der Waals surface area contributed by atoms with E-state index in [1.807, 2.05) is 37.4 Å². The van der Waals surface area contributed by atoms with Gasteiger partial charge in [0.1, 0.15) is 6.54 Å². The smallest absolute Gasteiger partial charge is 0.279 e. The summed E-state index contributed by atoms with van der Waals surface area (Å²) in [5.74, 6) is 1.56. The number of quaternary nitrogens is 1. The van der Waals surface area contributed by atoms with Gasteiger partial charge in [-0.1, -0.05) is 32.9 Å². The van der Waals surface area contributed by atoms with Crippen LogP contribution in [0.25, 0.3) is 0 Å². The van der Waals surface area contributed by atoms with Crippen LogP contribution in [0.3, 0.4) is 0 Å². The molecule has 1 atom stereocenters. The van der Waals surface area contributed by atoms with Crippen molar-refractivity contribution in [2.75, 3.05) is 25.7 Å². The van der Waals surface area contributed by atoms with Gasteiger partial charge in [-0.3, -0.25) is 4.79 Å². The number of hydrogen-bond donors (Lipinski definition) is 2. The second kappa shape index (κ2) is 7.38. The van der Waals surface area contributed by atoms with E-state index in [1.54, 1.807) is 0 Å². The highest BCUT2D eigenvalue weighted by molar-refractivity contribution is 5.91. The zero-order valence-corrected chi connectivity index (χ0v) is 15.9. The van der Waals surface area contributed by atoms with Crippen molar-refractivity contribution in [3.8, 4) is 11.5 Å². The van der Waals surface area contributed by atoms with Crippen molar-refractivity contribution in [2.24, 2.45) is 0 Å². The van der Waals surface area contributed by atoms with Crippen LogP contribution in [0.15, 0.2) is 42.5 Å². The highest BCUT2D eigenvalue weighted by Gasteiger charge is 2.17. The minimum Gasteiger partial charge on any atom is -0.454 e. The molecule has 26 heavy (non-hydrogen) atoms. The van der Waals surface area contributed by atoms with Gasteiger partial charge in [-0.2, -0.15) is 0 Å². The van der Waals surface area contributed by atoms with Gasteiger partial charge in [-0.15, -0.1) is 0 Å². The van der Waals surface area contributed by atoms with Crippen molar-refractivity contribution < 1.29 is 19.2 Å². The minimum atomic E-state index is 0.00625. The molecule has 0 spiro atoms. The number of carbonyl (C=O) groups is 1. The molecule has 0 aliphatic carbocycles. The average Bonchev–Trinajstić information content (AvgIpc) is 3.01. The molecule has 138 valence electrons. The van der Waals surface area contributed by atoms with Gasteiger partial charge < -0.3 is 19.7 Å². The largest absolute Gasteiger partial charge is 0.454 e. The van der Waals surface area contributed by atoms with E-state index < -0.39 is 0 Å². The summed E-state index contributed by atoms with van der Waals surface area (Å²) in [6.07, 6.45) is 0. The molecule has 2 N–H and O–H groups in total. The molecule has 0 saturated carbocycles. The predicted octanol–water partition coefficient (Wildman–Crippen LogP) is 2.37. The number of hydrogen-bond acceptors (Lipinski definition) is 3. The molecule has 0 radical (unpaired) electrons. The Labute approximate surface area is 154 Å². The predicted molar refractivity (Wildman–Crippen MR) is 102 cm³/mol. The summed E-state index contributed by atoms with van der Waals surface area (Å²) in [4.78, 5) is 13.4. The number of fused-ring (bicyclic) bond motifs is 1. The van der Waals surface area contributed by atoms with Crippen LogP contribution in [0.2, 0.25) is 0 Å². The fourth-order valence-corrected chi connectivity index (χ4v) is 2.99. The van der Waals surface area contributed by atoms with Crippen molar-refractivity contribution in [3.63, 3.8) is 0 Å². The van der Waals surface area contributed by atoms with Gasteiger partial charge in [0.2, 0.25) is 6.79 Å². The summed E-state index contributed by atoms with van der Waals surface area (Å²) in [7, 11) is 2.01. The second-order valence-electron chi connectivity index (χ2n) is 7.87. The van der Waals surface area contributed by atoms with Crippen LogP contribution < -0.4 is 19.7 Å². The molecule has 2 aromatic carbocycles. The fraction of sp³-hybridized carbons (Fsp3) is 0.381. The molecule has 0 bridgehead atoms. The average molecular weight is 355 g/mol. The van der Waals surface area contributed by atoms with E-state index in [0.29, 0.717) is 6.54 Å². The summed E-state index contributed by atoms with van der Waals surface area (Å²) < 4.78 is 10.7. The molecule has 0 saturated heterocycles. The Morgan fingerprint density at radius 1 is 1.08 bits per heavy atom. The zero-order valence-electron chi connectivity index (χ0n) is 15.9. The van der Waals surface area contributed by atoms with Crippen LogP contribution in [-0.2, 0) is 16.8 Å². The maximum absolute atomic E-state index is 12.3. The summed E-state index contributed by atoms with van der Waals surface area (Å²) in [5, 5.41) is 2.97. The van der Waals surface area contributed by atoms with Crippen LogP contribution >= 0.6 is 0 Å². The first-order valence-corrected chi connectivity index (χ1v) is 8.91. The Balaban J connectivity index is 1.52. The number of ether oxygens (including phenoxy) is 2. The summed E-state index contributed by atoms with van der Waals surface area (Å²) in [6, 6.07) is 14.0. The number of carbonyl (C=O) groups excluding carboxylic acids is 1. The molecule has 1 heterocycles. The summed E-state index contributed by atoms with van der Waals surface area (Å²) in [5.41, 5.74) is 3.31. The van der Waals surface area contributed by atoms with Crippen LogP contribution in [0.5, 0.6) is 11.5 Å². The molecule has 0 aromatic heterocycles. The van der Waals surface area contributed by atoms with Crippen LogP contribution in [0, 0.1) is 0 Å². The molecule has 5 nitrogen and oxygen atoms in total. The first-order chi connectivity index (χ1) is 12.3. The van der Waals surface area contributed by atoms with Crippen LogP contribution in [0.4, 0.5) is 5.69 Å². The van der Waals surface area contributed by atoms with Crippen molar-refractivity contribution >= 4 is 11.6 Å². The Kier molecular flexibility index (Phi) is 5.18. The lowest BCUT2D eigenvalue weighted by molar-refractivity contribution is -0.885. The molecular weight excluding hydrogens is 328 g/mol. The molecule has 1 aliphatic heterocycles. The van der Waals surface area contributed by atoms with Crippen LogP contribution in [0.1, 0.15) is 31.9 Å². The monoisotopic (exact) mass is 355 g/mol. The lowest BCUT2D eigenvalue weighted by Crippen LogP contribution is -3.08. The highest BCUT2D eigenvalue weighted by atomic mass is 16.7. The van der Waals surface area contributed by atoms with E-state index in [0.717, 1.165) is 34.2 Å². The van der Waals surface area contributed by atoms with Crippen LogP contribution in [-0.4, -0.2) is 26.3 Å². The van der Waals surface area contributed by atoms with E-state index in [2.05, 4.69) is 38.2 Å². The van der Waals surface area contributed by atoms with Crippen molar-refractivity contribution in [3.05, 3.63) is 53.6 Å². The third-order valence-electron chi connectivity index (χ3n) is 4.44. The van der Waals surface area contributed by atoms with E-state index in [9.17, 15) is 4.79 Å². The number of amides is 1. The summed E-state index contributed by atoms with van der Waals surface area (Å²) >= 11 is 0. The number of anilines is 1. The molecule has 5 heteroatoms. The SMILES string of the molecule is C[NH+](CC(=O)Nc1ccc(C(C)(C)C)cc1)Cc1ccc2c(c1)OCO2. The molecule has 3 rings (SSSR count). The summed E-state index contributed by atoms with van der Waals surface area (Å²) in [6.45, 7) is 7.94. The lowest BCUT2D eigenvalue weighted by Gasteiger charge is -2.19. The van der Waals surface area contributed by atoms with E-state index >= 15 is 0 Å². The Morgan fingerprint density at radius 3 is 2.46 bits per heavy atom. The Morgan fingerprint density at radius 2 is 1.77 bits per heavy atom. The second-order valence-corrected chi connectivity index (χ2v) is 7.87. The molecule has 1 unspecified atom stereocenters. The normalized spacial score (nSPS) is 14.2. The minimum absolute atomic E-state index is 0.00625. The first kappa shape index (κ1) is 18.3. The maximum Gasteiger partial charge on any atom is 0.279 e. The first-order valence-electron chi connectivity index (χ1n) is 8.91. The number of rotatable bonds is 5. The van der Waals surface area contributed by atoms with Gasteiger partial charge in [0.25, 0.3) is 5.91 Å². The third-order valence-corrected chi connectivity index (χ3v) is 4.44. The number of benzene rings is 2. The Hall–Kier alpha value is -2.53. The number of likely N-dealkylation sites (N-methyl/N-ethyl adjacent to an activating group) is 1. The molecular formula is C21H27N2O3+.